The first-order valence-electron chi connectivity index (χ1n) is 3.26. The van der Waals surface area contributed by atoms with Crippen LogP contribution in [0.1, 0.15) is 13.3 Å². The molecule has 0 rings (SSSR count). The number of amides is 1. The highest BCUT2D eigenvalue weighted by Crippen LogP contribution is 2.08. The molecular formula is C5H7Cl2NO4S. The molecule has 0 aromatic rings. The molecule has 0 bridgehead atoms. The quantitative estimate of drug-likeness (QED) is 0.535. The minimum atomic E-state index is -4.22. The van der Waals surface area contributed by atoms with E-state index >= 15 is 0 Å². The zero-order chi connectivity index (χ0) is 10.6. The molecule has 0 aromatic heterocycles. The molecule has 0 atom stereocenters. The van der Waals surface area contributed by atoms with Gasteiger partial charge in [0.15, 0.2) is 0 Å². The molecule has 0 N–H and O–H groups in total. The second kappa shape index (κ2) is 4.78. The lowest BCUT2D eigenvalue weighted by molar-refractivity contribution is -0.137. The van der Waals surface area contributed by atoms with Crippen LogP contribution in [0.4, 0.5) is 0 Å². The summed E-state index contributed by atoms with van der Waals surface area (Å²) < 4.78 is 21.7. The second-order valence-electron chi connectivity index (χ2n) is 2.09. The highest BCUT2D eigenvalue weighted by atomic mass is 35.7. The maximum absolute atomic E-state index is 10.9. The van der Waals surface area contributed by atoms with E-state index in [0.29, 0.717) is 6.42 Å². The predicted octanol–water partition coefficient (Wildman–Crippen LogP) is 0.474. The third kappa shape index (κ3) is 3.93. The smallest absolute Gasteiger partial charge is 0.270 e. The largest absolute Gasteiger partial charge is 0.324 e. The molecule has 0 fully saturated rings. The molecule has 0 aromatic carbocycles. The zero-order valence-electron chi connectivity index (χ0n) is 6.66. The van der Waals surface area contributed by atoms with E-state index < -0.39 is 20.4 Å². The fraction of sp³-hybridized carbons (Fsp3) is 0.600. The monoisotopic (exact) mass is 247 g/mol. The zero-order valence-corrected chi connectivity index (χ0v) is 8.99. The van der Waals surface area contributed by atoms with Crippen LogP contribution in [0.2, 0.25) is 0 Å². The fourth-order valence-electron chi connectivity index (χ4n) is 0.611. The van der Waals surface area contributed by atoms with Crippen LogP contribution in [-0.2, 0) is 18.8 Å². The number of carbonyl (C=O) groups excluding carboxylic acids is 2. The molecule has 5 nitrogen and oxygen atoms in total. The minimum absolute atomic E-state index is 0.164. The lowest BCUT2D eigenvalue weighted by Crippen LogP contribution is -2.37. The van der Waals surface area contributed by atoms with Crippen molar-refractivity contribution < 1.29 is 18.0 Å². The Balaban J connectivity index is 4.83. The van der Waals surface area contributed by atoms with E-state index in [2.05, 4.69) is 0 Å². The van der Waals surface area contributed by atoms with Crippen LogP contribution in [0.25, 0.3) is 0 Å². The van der Waals surface area contributed by atoms with E-state index in [1.165, 1.54) is 0 Å². The average molecular weight is 248 g/mol. The van der Waals surface area contributed by atoms with Gasteiger partial charge in [0.25, 0.3) is 0 Å². The predicted molar refractivity (Wildman–Crippen MR) is 47.6 cm³/mol. The summed E-state index contributed by atoms with van der Waals surface area (Å²) in [5.74, 6) is -1.33. The van der Waals surface area contributed by atoms with Gasteiger partial charge in [-0.1, -0.05) is 6.92 Å². The van der Waals surface area contributed by atoms with Crippen molar-refractivity contribution in [1.82, 2.24) is 4.31 Å². The van der Waals surface area contributed by atoms with E-state index in [0.717, 1.165) is 0 Å². The van der Waals surface area contributed by atoms with Crippen molar-refractivity contribution in [3.05, 3.63) is 0 Å². The molecule has 0 saturated carbocycles. The summed E-state index contributed by atoms with van der Waals surface area (Å²) in [5, 5.41) is -1.38. The lowest BCUT2D eigenvalue weighted by Gasteiger charge is -2.14. The van der Waals surface area contributed by atoms with Crippen LogP contribution in [0.3, 0.4) is 0 Å². The molecule has 0 heterocycles. The average Bonchev–Trinajstić information content (AvgIpc) is 1.96. The Bertz CT molecular complexity index is 312. The van der Waals surface area contributed by atoms with Gasteiger partial charge in [0.05, 0.1) is 0 Å². The molecule has 0 radical (unpaired) electrons. The Morgan fingerprint density at radius 3 is 2.08 bits per heavy atom. The summed E-state index contributed by atoms with van der Waals surface area (Å²) in [6.07, 6.45) is 0.349. The number of halogens is 2. The third-order valence-electron chi connectivity index (χ3n) is 1.08. The van der Waals surface area contributed by atoms with Crippen LogP contribution in [0, 0.1) is 0 Å². The Morgan fingerprint density at radius 1 is 1.38 bits per heavy atom. The number of hydrogen-bond donors (Lipinski definition) is 0. The van der Waals surface area contributed by atoms with Crippen LogP contribution >= 0.6 is 22.3 Å². The van der Waals surface area contributed by atoms with Crippen LogP contribution in [0.15, 0.2) is 0 Å². The Hall–Kier alpha value is -0.330. The summed E-state index contributed by atoms with van der Waals surface area (Å²) in [6, 6.07) is 0. The summed E-state index contributed by atoms with van der Waals surface area (Å²) >= 11 is 4.81. The summed E-state index contributed by atoms with van der Waals surface area (Å²) in [7, 11) is 0.663. The Labute approximate surface area is 85.2 Å². The van der Waals surface area contributed by atoms with Crippen molar-refractivity contribution in [2.45, 2.75) is 13.3 Å². The van der Waals surface area contributed by atoms with Gasteiger partial charge >= 0.3 is 20.4 Å². The molecule has 1 amide bonds. The molecule has 0 spiro atoms. The maximum atomic E-state index is 10.9. The van der Waals surface area contributed by atoms with Gasteiger partial charge in [0, 0.05) is 17.2 Å². The summed E-state index contributed by atoms with van der Waals surface area (Å²) in [6.45, 7) is 1.46. The number of hydrogen-bond acceptors (Lipinski definition) is 4. The van der Waals surface area contributed by atoms with E-state index in [4.69, 9.17) is 22.3 Å². The van der Waals surface area contributed by atoms with Crippen molar-refractivity contribution in [3.63, 3.8) is 0 Å². The van der Waals surface area contributed by atoms with Gasteiger partial charge in [0.2, 0.25) is 0 Å². The van der Waals surface area contributed by atoms with Crippen molar-refractivity contribution >= 4 is 42.7 Å². The van der Waals surface area contributed by atoms with Gasteiger partial charge in [-0.3, -0.25) is 9.59 Å². The first-order valence-corrected chi connectivity index (χ1v) is 5.91. The summed E-state index contributed by atoms with van der Waals surface area (Å²) in [5.41, 5.74) is 0. The first kappa shape index (κ1) is 12.7. The maximum Gasteiger partial charge on any atom is 0.324 e. The van der Waals surface area contributed by atoms with E-state index in [-0.39, 0.29) is 10.8 Å². The molecule has 13 heavy (non-hydrogen) atoms. The standard InChI is InChI=1S/C5H7Cl2NO4S/c1-2-3-8(13(7,11)12)5(10)4(6)9/h2-3H2,1H3. The van der Waals surface area contributed by atoms with Crippen molar-refractivity contribution in [2.24, 2.45) is 0 Å². The molecule has 0 aliphatic heterocycles. The molecule has 8 heteroatoms. The highest BCUT2D eigenvalue weighted by Gasteiger charge is 2.28. The van der Waals surface area contributed by atoms with Crippen LogP contribution in [-0.4, -0.2) is 30.4 Å². The molecule has 0 saturated heterocycles. The minimum Gasteiger partial charge on any atom is -0.270 e. The van der Waals surface area contributed by atoms with Crippen molar-refractivity contribution in [2.75, 3.05) is 6.54 Å². The van der Waals surface area contributed by atoms with Crippen molar-refractivity contribution in [1.29, 1.82) is 0 Å². The molecular weight excluding hydrogens is 241 g/mol. The van der Waals surface area contributed by atoms with Crippen LogP contribution in [0.5, 0.6) is 0 Å². The number of nitrogens with zero attached hydrogens (tertiary/aromatic N) is 1. The Morgan fingerprint density at radius 2 is 1.85 bits per heavy atom. The first-order chi connectivity index (χ1) is 5.80. The van der Waals surface area contributed by atoms with Gasteiger partial charge in [-0.25, -0.2) is 4.31 Å². The molecule has 76 valence electrons. The van der Waals surface area contributed by atoms with Gasteiger partial charge in [-0.15, -0.1) is 0 Å². The van der Waals surface area contributed by atoms with Gasteiger partial charge in [0.1, 0.15) is 0 Å². The van der Waals surface area contributed by atoms with Gasteiger partial charge in [-0.05, 0) is 18.0 Å². The lowest BCUT2D eigenvalue weighted by atomic mass is 10.5. The summed E-state index contributed by atoms with van der Waals surface area (Å²) in [4.78, 5) is 21.2. The van der Waals surface area contributed by atoms with Crippen LogP contribution < -0.4 is 0 Å². The van der Waals surface area contributed by atoms with E-state index in [1.54, 1.807) is 6.92 Å². The normalized spacial score (nSPS) is 11.0. The van der Waals surface area contributed by atoms with E-state index in [9.17, 15) is 18.0 Å². The van der Waals surface area contributed by atoms with Gasteiger partial charge in [-0.2, -0.15) is 8.42 Å². The number of rotatable bonds is 4. The fourth-order valence-corrected chi connectivity index (χ4v) is 1.84. The molecule has 0 aliphatic carbocycles. The SMILES string of the molecule is CCCN(C(=O)C(=O)Cl)S(=O)(=O)Cl. The number of carbonyl (C=O) groups is 2. The third-order valence-corrected chi connectivity index (χ3v) is 2.62. The highest BCUT2D eigenvalue weighted by molar-refractivity contribution is 8.12. The Kier molecular flexibility index (Phi) is 4.66. The topological polar surface area (TPSA) is 71.5 Å². The van der Waals surface area contributed by atoms with Crippen molar-refractivity contribution in [3.8, 4) is 0 Å². The van der Waals surface area contributed by atoms with E-state index in [1.807, 2.05) is 0 Å². The second-order valence-corrected chi connectivity index (χ2v) is 4.87. The van der Waals surface area contributed by atoms with Gasteiger partial charge < -0.3 is 0 Å². The molecule has 0 aliphatic rings. The molecule has 0 unspecified atom stereocenters.